The van der Waals surface area contributed by atoms with Crippen molar-refractivity contribution in [1.29, 1.82) is 0 Å². The zero-order chi connectivity index (χ0) is 14.4. The van der Waals surface area contributed by atoms with Crippen molar-refractivity contribution in [3.63, 3.8) is 0 Å². The number of nitrogens with one attached hydrogen (secondary N) is 1. The number of ether oxygens (including phenoxy) is 1. The predicted octanol–water partition coefficient (Wildman–Crippen LogP) is 2.01. The molecule has 0 aliphatic heterocycles. The largest absolute Gasteiger partial charge is 0.367 e. The number of methoxy groups -OCH3 is 1. The summed E-state index contributed by atoms with van der Waals surface area (Å²) < 4.78 is 5.32. The Labute approximate surface area is 120 Å². The molecule has 0 heterocycles. The molecule has 0 bridgehead atoms. The highest BCUT2D eigenvalue weighted by molar-refractivity contribution is 5.82. The van der Waals surface area contributed by atoms with Gasteiger partial charge in [0.2, 0.25) is 0 Å². The summed E-state index contributed by atoms with van der Waals surface area (Å²) in [5, 5.41) is 2.99. The van der Waals surface area contributed by atoms with E-state index in [1.807, 2.05) is 30.3 Å². The number of rotatable bonds is 5. The molecule has 3 N–H and O–H groups in total. The minimum Gasteiger partial charge on any atom is -0.367 e. The van der Waals surface area contributed by atoms with Crippen molar-refractivity contribution in [1.82, 2.24) is 5.32 Å². The maximum atomic E-state index is 12.2. The Morgan fingerprint density at radius 2 is 2.05 bits per heavy atom. The summed E-state index contributed by atoms with van der Waals surface area (Å²) in [6, 6.07) is 9.76. The van der Waals surface area contributed by atoms with Crippen LogP contribution < -0.4 is 11.1 Å². The van der Waals surface area contributed by atoms with E-state index in [2.05, 4.69) is 5.32 Å². The van der Waals surface area contributed by atoms with Crippen molar-refractivity contribution in [2.24, 2.45) is 11.7 Å². The molecule has 1 aliphatic carbocycles. The SMILES string of the molecule is COC(C(=O)NCC1CCCCC1N)c1ccccc1. The summed E-state index contributed by atoms with van der Waals surface area (Å²) >= 11 is 0. The molecule has 3 atom stereocenters. The second-order valence-corrected chi connectivity index (χ2v) is 5.48. The van der Waals surface area contributed by atoms with Gasteiger partial charge < -0.3 is 15.8 Å². The van der Waals surface area contributed by atoms with E-state index in [1.54, 1.807) is 7.11 Å². The third-order valence-electron chi connectivity index (χ3n) is 4.08. The van der Waals surface area contributed by atoms with Gasteiger partial charge in [-0.2, -0.15) is 0 Å². The molecule has 1 aliphatic rings. The molecule has 0 saturated heterocycles. The average Bonchev–Trinajstić information content (AvgIpc) is 2.48. The molecular weight excluding hydrogens is 252 g/mol. The van der Waals surface area contributed by atoms with E-state index in [4.69, 9.17) is 10.5 Å². The van der Waals surface area contributed by atoms with Crippen LogP contribution in [-0.4, -0.2) is 25.6 Å². The molecule has 1 amide bonds. The number of hydrogen-bond donors (Lipinski definition) is 2. The highest BCUT2D eigenvalue weighted by Crippen LogP contribution is 2.23. The zero-order valence-electron chi connectivity index (χ0n) is 12.0. The van der Waals surface area contributed by atoms with Crippen molar-refractivity contribution in [2.45, 2.75) is 37.8 Å². The lowest BCUT2D eigenvalue weighted by Crippen LogP contribution is -2.42. The average molecular weight is 276 g/mol. The molecule has 4 nitrogen and oxygen atoms in total. The van der Waals surface area contributed by atoms with Gasteiger partial charge in [-0.05, 0) is 24.3 Å². The number of nitrogens with two attached hydrogens (primary N) is 1. The van der Waals surface area contributed by atoms with Crippen LogP contribution in [0, 0.1) is 5.92 Å². The summed E-state index contributed by atoms with van der Waals surface area (Å²) in [4.78, 5) is 12.2. The van der Waals surface area contributed by atoms with Gasteiger partial charge in [0, 0.05) is 19.7 Å². The van der Waals surface area contributed by atoms with Gasteiger partial charge in [0.05, 0.1) is 0 Å². The molecule has 1 fully saturated rings. The van der Waals surface area contributed by atoms with Crippen LogP contribution in [0.5, 0.6) is 0 Å². The van der Waals surface area contributed by atoms with Crippen LogP contribution in [0.25, 0.3) is 0 Å². The van der Waals surface area contributed by atoms with Crippen molar-refractivity contribution < 1.29 is 9.53 Å². The molecule has 2 rings (SSSR count). The highest BCUT2D eigenvalue weighted by Gasteiger charge is 2.24. The Morgan fingerprint density at radius 1 is 1.35 bits per heavy atom. The van der Waals surface area contributed by atoms with E-state index >= 15 is 0 Å². The smallest absolute Gasteiger partial charge is 0.253 e. The Hall–Kier alpha value is -1.39. The van der Waals surface area contributed by atoms with E-state index in [-0.39, 0.29) is 11.9 Å². The first-order chi connectivity index (χ1) is 9.72. The van der Waals surface area contributed by atoms with Crippen molar-refractivity contribution in [2.75, 3.05) is 13.7 Å². The Kier molecular flexibility index (Phi) is 5.56. The molecule has 1 aromatic carbocycles. The van der Waals surface area contributed by atoms with Crippen molar-refractivity contribution in [3.8, 4) is 0 Å². The molecule has 0 spiro atoms. The molecule has 20 heavy (non-hydrogen) atoms. The zero-order valence-corrected chi connectivity index (χ0v) is 12.0. The lowest BCUT2D eigenvalue weighted by molar-refractivity contribution is -0.131. The standard InChI is InChI=1S/C16H24N2O2/c1-20-15(12-7-3-2-4-8-12)16(19)18-11-13-9-5-6-10-14(13)17/h2-4,7-8,13-15H,5-6,9-11,17H2,1H3,(H,18,19). The monoisotopic (exact) mass is 276 g/mol. The molecule has 1 aromatic rings. The maximum Gasteiger partial charge on any atom is 0.253 e. The summed E-state index contributed by atoms with van der Waals surface area (Å²) in [6.45, 7) is 0.646. The number of carbonyl (C=O) groups excluding carboxylic acids is 1. The number of benzene rings is 1. The number of amides is 1. The van der Waals surface area contributed by atoms with Gasteiger partial charge in [-0.1, -0.05) is 43.2 Å². The third kappa shape index (κ3) is 3.81. The summed E-state index contributed by atoms with van der Waals surface area (Å²) in [7, 11) is 1.56. The van der Waals surface area contributed by atoms with Gasteiger partial charge in [-0.25, -0.2) is 0 Å². The van der Waals surface area contributed by atoms with Gasteiger partial charge in [0.1, 0.15) is 0 Å². The topological polar surface area (TPSA) is 64.3 Å². The molecule has 0 aromatic heterocycles. The van der Waals surface area contributed by atoms with E-state index in [9.17, 15) is 4.79 Å². The second kappa shape index (κ2) is 7.41. The highest BCUT2D eigenvalue weighted by atomic mass is 16.5. The molecule has 0 radical (unpaired) electrons. The van der Waals surface area contributed by atoms with Crippen LogP contribution in [0.2, 0.25) is 0 Å². The Balaban J connectivity index is 1.89. The lowest BCUT2D eigenvalue weighted by Gasteiger charge is -2.29. The quantitative estimate of drug-likeness (QED) is 0.864. The van der Waals surface area contributed by atoms with Crippen LogP contribution in [0.3, 0.4) is 0 Å². The van der Waals surface area contributed by atoms with Gasteiger partial charge >= 0.3 is 0 Å². The van der Waals surface area contributed by atoms with Crippen LogP contribution in [0.15, 0.2) is 30.3 Å². The van der Waals surface area contributed by atoms with Gasteiger partial charge in [0.25, 0.3) is 5.91 Å². The van der Waals surface area contributed by atoms with Crippen molar-refractivity contribution >= 4 is 5.91 Å². The van der Waals surface area contributed by atoms with E-state index in [0.29, 0.717) is 12.5 Å². The van der Waals surface area contributed by atoms with Crippen LogP contribution >= 0.6 is 0 Å². The van der Waals surface area contributed by atoms with Crippen LogP contribution in [0.1, 0.15) is 37.4 Å². The number of hydrogen-bond acceptors (Lipinski definition) is 3. The fourth-order valence-corrected chi connectivity index (χ4v) is 2.84. The van der Waals surface area contributed by atoms with Crippen LogP contribution in [0.4, 0.5) is 0 Å². The third-order valence-corrected chi connectivity index (χ3v) is 4.08. The summed E-state index contributed by atoms with van der Waals surface area (Å²) in [5.41, 5.74) is 6.98. The minimum absolute atomic E-state index is 0.0866. The van der Waals surface area contributed by atoms with Gasteiger partial charge in [-0.15, -0.1) is 0 Å². The fraction of sp³-hybridized carbons (Fsp3) is 0.562. The van der Waals surface area contributed by atoms with Gasteiger partial charge in [0.15, 0.2) is 6.10 Å². The van der Waals surface area contributed by atoms with Crippen LogP contribution in [-0.2, 0) is 9.53 Å². The minimum atomic E-state index is -0.545. The molecule has 4 heteroatoms. The van der Waals surface area contributed by atoms with Crippen molar-refractivity contribution in [3.05, 3.63) is 35.9 Å². The van der Waals surface area contributed by atoms with E-state index in [1.165, 1.54) is 12.8 Å². The Bertz CT molecular complexity index is 422. The first kappa shape index (κ1) is 15.0. The lowest BCUT2D eigenvalue weighted by atomic mass is 9.85. The summed E-state index contributed by atoms with van der Waals surface area (Å²) in [5.74, 6) is 0.303. The molecule has 1 saturated carbocycles. The first-order valence-electron chi connectivity index (χ1n) is 7.33. The fourth-order valence-electron chi connectivity index (χ4n) is 2.84. The first-order valence-corrected chi connectivity index (χ1v) is 7.33. The molecular formula is C16H24N2O2. The normalized spacial score (nSPS) is 24.1. The molecule has 110 valence electrons. The molecule has 3 unspecified atom stereocenters. The summed E-state index contributed by atoms with van der Waals surface area (Å²) in [6.07, 6.45) is 4.03. The van der Waals surface area contributed by atoms with Gasteiger partial charge in [-0.3, -0.25) is 4.79 Å². The second-order valence-electron chi connectivity index (χ2n) is 5.48. The Morgan fingerprint density at radius 3 is 2.70 bits per heavy atom. The number of carbonyl (C=O) groups is 1. The predicted molar refractivity (Wildman–Crippen MR) is 79.1 cm³/mol. The maximum absolute atomic E-state index is 12.2. The van der Waals surface area contributed by atoms with E-state index in [0.717, 1.165) is 18.4 Å². The van der Waals surface area contributed by atoms with E-state index < -0.39 is 6.10 Å².